The molecule has 5 nitrogen and oxygen atoms in total. The van der Waals surface area contributed by atoms with E-state index in [1.807, 2.05) is 19.1 Å². The third kappa shape index (κ3) is 3.05. The van der Waals surface area contributed by atoms with Crippen LogP contribution in [0.4, 0.5) is 0 Å². The van der Waals surface area contributed by atoms with E-state index in [4.69, 9.17) is 9.52 Å². The number of carbonyl (C=O) groups is 2. The van der Waals surface area contributed by atoms with Crippen LogP contribution >= 0.6 is 0 Å². The fourth-order valence-corrected chi connectivity index (χ4v) is 2.31. The predicted octanol–water partition coefficient (Wildman–Crippen LogP) is 2.12. The van der Waals surface area contributed by atoms with Crippen molar-refractivity contribution in [2.24, 2.45) is 11.8 Å². The highest BCUT2D eigenvalue weighted by atomic mass is 16.4. The average molecular weight is 263 g/mol. The molecule has 2 rings (SSSR count). The summed E-state index contributed by atoms with van der Waals surface area (Å²) >= 11 is 0. The summed E-state index contributed by atoms with van der Waals surface area (Å²) in [6.07, 6.45) is 6.09. The summed E-state index contributed by atoms with van der Waals surface area (Å²) in [7, 11) is 0. The van der Waals surface area contributed by atoms with Crippen LogP contribution < -0.4 is 5.32 Å². The molecule has 0 radical (unpaired) electrons. The van der Waals surface area contributed by atoms with Gasteiger partial charge in [0.05, 0.1) is 24.1 Å². The Kier molecular flexibility index (Phi) is 4.04. The zero-order chi connectivity index (χ0) is 13.8. The monoisotopic (exact) mass is 263 g/mol. The van der Waals surface area contributed by atoms with Crippen LogP contribution in [0.15, 0.2) is 35.0 Å². The maximum absolute atomic E-state index is 12.2. The number of carbonyl (C=O) groups excluding carboxylic acids is 1. The van der Waals surface area contributed by atoms with Crippen LogP contribution in [0.5, 0.6) is 0 Å². The molecule has 1 aromatic rings. The van der Waals surface area contributed by atoms with Crippen molar-refractivity contribution >= 4 is 11.9 Å². The first kappa shape index (κ1) is 13.4. The number of rotatable bonds is 4. The van der Waals surface area contributed by atoms with E-state index in [9.17, 15) is 9.59 Å². The van der Waals surface area contributed by atoms with Gasteiger partial charge in [-0.05, 0) is 31.9 Å². The van der Waals surface area contributed by atoms with Crippen molar-refractivity contribution < 1.29 is 19.1 Å². The Morgan fingerprint density at radius 2 is 2.05 bits per heavy atom. The molecule has 19 heavy (non-hydrogen) atoms. The highest BCUT2D eigenvalue weighted by Gasteiger charge is 2.34. The van der Waals surface area contributed by atoms with Crippen molar-refractivity contribution in [2.45, 2.75) is 25.8 Å². The molecule has 0 unspecified atom stereocenters. The quantitative estimate of drug-likeness (QED) is 0.815. The van der Waals surface area contributed by atoms with Crippen LogP contribution in [0.2, 0.25) is 0 Å². The number of allylic oxidation sites excluding steroid dienone is 2. The van der Waals surface area contributed by atoms with E-state index >= 15 is 0 Å². The van der Waals surface area contributed by atoms with Crippen LogP contribution in [0.1, 0.15) is 31.6 Å². The molecular weight excluding hydrogens is 246 g/mol. The summed E-state index contributed by atoms with van der Waals surface area (Å²) in [6, 6.07) is 3.27. The smallest absolute Gasteiger partial charge is 0.307 e. The molecule has 5 heteroatoms. The van der Waals surface area contributed by atoms with E-state index in [0.717, 1.165) is 0 Å². The Balaban J connectivity index is 2.02. The maximum atomic E-state index is 12.2. The third-order valence-corrected chi connectivity index (χ3v) is 3.42. The molecule has 0 saturated carbocycles. The van der Waals surface area contributed by atoms with Gasteiger partial charge in [-0.2, -0.15) is 0 Å². The van der Waals surface area contributed by atoms with Crippen molar-refractivity contribution in [3.63, 3.8) is 0 Å². The Bertz CT molecular complexity index is 478. The van der Waals surface area contributed by atoms with Gasteiger partial charge in [0.2, 0.25) is 5.91 Å². The summed E-state index contributed by atoms with van der Waals surface area (Å²) in [6.45, 7) is 1.81. The van der Waals surface area contributed by atoms with E-state index in [0.29, 0.717) is 18.6 Å². The van der Waals surface area contributed by atoms with E-state index in [1.54, 1.807) is 18.4 Å². The lowest BCUT2D eigenvalue weighted by Crippen LogP contribution is -2.39. The number of nitrogens with one attached hydrogen (secondary N) is 1. The maximum Gasteiger partial charge on any atom is 0.307 e. The topological polar surface area (TPSA) is 79.5 Å². The van der Waals surface area contributed by atoms with Crippen LogP contribution in [0.25, 0.3) is 0 Å². The van der Waals surface area contributed by atoms with E-state index in [1.165, 1.54) is 0 Å². The molecule has 1 heterocycles. The summed E-state index contributed by atoms with van der Waals surface area (Å²) < 4.78 is 5.21. The Morgan fingerprint density at radius 3 is 2.63 bits per heavy atom. The van der Waals surface area contributed by atoms with Gasteiger partial charge >= 0.3 is 5.97 Å². The fraction of sp³-hybridized carbons (Fsp3) is 0.429. The molecule has 0 aliphatic heterocycles. The molecule has 0 bridgehead atoms. The SMILES string of the molecule is C[C@H](NC(=O)[C@@H]1CC=CC[C@@H]1C(=O)O)c1ccco1. The first-order valence-corrected chi connectivity index (χ1v) is 6.31. The van der Waals surface area contributed by atoms with E-state index < -0.39 is 17.8 Å². The molecular formula is C14H17NO4. The number of amides is 1. The molecule has 0 fully saturated rings. The molecule has 1 amide bonds. The largest absolute Gasteiger partial charge is 0.481 e. The van der Waals surface area contributed by atoms with Gasteiger partial charge in [0.25, 0.3) is 0 Å². The number of aliphatic carboxylic acids is 1. The van der Waals surface area contributed by atoms with Gasteiger partial charge < -0.3 is 14.8 Å². The van der Waals surface area contributed by atoms with Crippen molar-refractivity contribution in [1.82, 2.24) is 5.32 Å². The highest BCUT2D eigenvalue weighted by Crippen LogP contribution is 2.27. The minimum Gasteiger partial charge on any atom is -0.481 e. The molecule has 3 atom stereocenters. The zero-order valence-electron chi connectivity index (χ0n) is 10.7. The minimum atomic E-state index is -0.921. The molecule has 0 spiro atoms. The van der Waals surface area contributed by atoms with Crippen molar-refractivity contribution in [3.8, 4) is 0 Å². The van der Waals surface area contributed by atoms with Gasteiger partial charge in [-0.3, -0.25) is 9.59 Å². The standard InChI is InChI=1S/C14H17NO4/c1-9(12-7-4-8-19-12)15-13(16)10-5-2-3-6-11(10)14(17)18/h2-4,7-11H,5-6H2,1H3,(H,15,16)(H,17,18)/t9-,10+,11-/m0/s1. The Hall–Kier alpha value is -2.04. The summed E-state index contributed by atoms with van der Waals surface area (Å²) in [4.78, 5) is 23.3. The predicted molar refractivity (Wildman–Crippen MR) is 68.3 cm³/mol. The lowest BCUT2D eigenvalue weighted by atomic mass is 9.82. The molecule has 0 aromatic carbocycles. The number of furan rings is 1. The van der Waals surface area contributed by atoms with E-state index in [-0.39, 0.29) is 11.9 Å². The molecule has 0 saturated heterocycles. The van der Waals surface area contributed by atoms with Gasteiger partial charge in [-0.15, -0.1) is 0 Å². The van der Waals surface area contributed by atoms with Crippen molar-refractivity contribution in [2.75, 3.05) is 0 Å². The van der Waals surface area contributed by atoms with Crippen molar-refractivity contribution in [3.05, 3.63) is 36.3 Å². The van der Waals surface area contributed by atoms with Gasteiger partial charge in [0.15, 0.2) is 0 Å². The minimum absolute atomic E-state index is 0.236. The number of carboxylic acid groups (broad SMARTS) is 1. The first-order chi connectivity index (χ1) is 9.09. The number of hydrogen-bond acceptors (Lipinski definition) is 3. The van der Waals surface area contributed by atoms with Gasteiger partial charge in [-0.25, -0.2) is 0 Å². The van der Waals surface area contributed by atoms with Crippen LogP contribution in [0.3, 0.4) is 0 Å². The van der Waals surface area contributed by atoms with Crippen LogP contribution in [-0.4, -0.2) is 17.0 Å². The second kappa shape index (κ2) is 5.73. The number of carboxylic acids is 1. The highest BCUT2D eigenvalue weighted by molar-refractivity contribution is 5.85. The first-order valence-electron chi connectivity index (χ1n) is 6.31. The summed E-state index contributed by atoms with van der Waals surface area (Å²) in [5.41, 5.74) is 0. The number of hydrogen-bond donors (Lipinski definition) is 2. The molecule has 102 valence electrons. The average Bonchev–Trinajstić information content (AvgIpc) is 2.92. The molecule has 2 N–H and O–H groups in total. The second-order valence-electron chi connectivity index (χ2n) is 4.74. The van der Waals surface area contributed by atoms with Gasteiger partial charge in [0, 0.05) is 0 Å². The molecule has 1 aliphatic carbocycles. The Labute approximate surface area is 111 Å². The summed E-state index contributed by atoms with van der Waals surface area (Å²) in [5.74, 6) is -1.66. The van der Waals surface area contributed by atoms with Gasteiger partial charge in [-0.1, -0.05) is 12.2 Å². The third-order valence-electron chi connectivity index (χ3n) is 3.42. The summed E-state index contributed by atoms with van der Waals surface area (Å²) in [5, 5.41) is 12.0. The lowest BCUT2D eigenvalue weighted by Gasteiger charge is -2.25. The Morgan fingerprint density at radius 1 is 1.37 bits per heavy atom. The van der Waals surface area contributed by atoms with Crippen LogP contribution in [0, 0.1) is 11.8 Å². The second-order valence-corrected chi connectivity index (χ2v) is 4.74. The van der Waals surface area contributed by atoms with Crippen LogP contribution in [-0.2, 0) is 9.59 Å². The van der Waals surface area contributed by atoms with Crippen molar-refractivity contribution in [1.29, 1.82) is 0 Å². The lowest BCUT2D eigenvalue weighted by molar-refractivity contribution is -0.147. The molecule has 1 aliphatic rings. The zero-order valence-corrected chi connectivity index (χ0v) is 10.7. The fourth-order valence-electron chi connectivity index (χ4n) is 2.31. The van der Waals surface area contributed by atoms with E-state index in [2.05, 4.69) is 5.32 Å². The van der Waals surface area contributed by atoms with Gasteiger partial charge in [0.1, 0.15) is 5.76 Å². The normalized spacial score (nSPS) is 23.8. The molecule has 1 aromatic heterocycles.